The van der Waals surface area contributed by atoms with Crippen LogP contribution in [0.2, 0.25) is 0 Å². The first-order valence-electron chi connectivity index (χ1n) is 6.15. The lowest BCUT2D eigenvalue weighted by molar-refractivity contribution is 0.0870. The Balaban J connectivity index is 2.19. The smallest absolute Gasteiger partial charge is 0.191 e. The van der Waals surface area contributed by atoms with Crippen LogP contribution in [0.25, 0.3) is 0 Å². The van der Waals surface area contributed by atoms with E-state index in [-0.39, 0.29) is 5.54 Å². The first-order valence-corrected chi connectivity index (χ1v) is 6.15. The molecule has 0 bridgehead atoms. The van der Waals surface area contributed by atoms with E-state index >= 15 is 0 Å². The number of likely N-dealkylation sites (N-methyl/N-ethyl adjacent to an activating group) is 1. The summed E-state index contributed by atoms with van der Waals surface area (Å²) in [5, 5.41) is 0. The number of aliphatic imine (C=N–C) groups is 1. The third-order valence-electron chi connectivity index (χ3n) is 3.96. The number of hydrogen-bond donors (Lipinski definition) is 1. The average molecular weight is 209 g/mol. The quantitative estimate of drug-likeness (QED) is 0.716. The summed E-state index contributed by atoms with van der Waals surface area (Å²) < 4.78 is 0. The lowest BCUT2D eigenvalue weighted by Crippen LogP contribution is -2.54. The maximum Gasteiger partial charge on any atom is 0.191 e. The Bertz CT molecular complexity index is 262. The molecule has 1 heterocycles. The van der Waals surface area contributed by atoms with Crippen LogP contribution in [0.5, 0.6) is 0 Å². The van der Waals surface area contributed by atoms with Gasteiger partial charge in [0.15, 0.2) is 5.96 Å². The SMILES string of the molecule is CCN1C(N)=NCC12CC(C)CC(C)C2. The minimum absolute atomic E-state index is 0.260. The number of guanidine groups is 1. The number of hydrogen-bond acceptors (Lipinski definition) is 3. The molecule has 0 aromatic rings. The van der Waals surface area contributed by atoms with Crippen molar-refractivity contribution >= 4 is 5.96 Å². The van der Waals surface area contributed by atoms with Gasteiger partial charge in [0.1, 0.15) is 0 Å². The third-order valence-corrected chi connectivity index (χ3v) is 3.96. The zero-order chi connectivity index (χ0) is 11.1. The number of nitrogens with two attached hydrogens (primary N) is 1. The molecule has 0 saturated heterocycles. The topological polar surface area (TPSA) is 41.6 Å². The molecule has 1 aliphatic heterocycles. The second-order valence-electron chi connectivity index (χ2n) is 5.50. The third kappa shape index (κ3) is 1.72. The molecule has 0 radical (unpaired) electrons. The zero-order valence-corrected chi connectivity index (χ0v) is 10.2. The summed E-state index contributed by atoms with van der Waals surface area (Å²) in [6.45, 7) is 8.81. The normalized spacial score (nSPS) is 41.0. The summed E-state index contributed by atoms with van der Waals surface area (Å²) in [6.07, 6.45) is 3.88. The van der Waals surface area contributed by atoms with Gasteiger partial charge >= 0.3 is 0 Å². The molecule has 15 heavy (non-hydrogen) atoms. The van der Waals surface area contributed by atoms with Gasteiger partial charge in [-0.1, -0.05) is 13.8 Å². The van der Waals surface area contributed by atoms with Crippen LogP contribution in [0.3, 0.4) is 0 Å². The van der Waals surface area contributed by atoms with E-state index in [1.165, 1.54) is 19.3 Å². The van der Waals surface area contributed by atoms with Crippen molar-refractivity contribution in [2.45, 2.75) is 45.6 Å². The van der Waals surface area contributed by atoms with E-state index < -0.39 is 0 Å². The molecule has 1 spiro atoms. The fourth-order valence-electron chi connectivity index (χ4n) is 3.72. The summed E-state index contributed by atoms with van der Waals surface area (Å²) in [7, 11) is 0. The molecule has 2 unspecified atom stereocenters. The maximum absolute atomic E-state index is 5.96. The van der Waals surface area contributed by atoms with Gasteiger partial charge in [-0.05, 0) is 38.0 Å². The number of nitrogens with zero attached hydrogens (tertiary/aromatic N) is 2. The van der Waals surface area contributed by atoms with Gasteiger partial charge in [-0.2, -0.15) is 0 Å². The summed E-state index contributed by atoms with van der Waals surface area (Å²) in [4.78, 5) is 6.79. The minimum atomic E-state index is 0.260. The van der Waals surface area contributed by atoms with E-state index in [2.05, 4.69) is 30.7 Å². The van der Waals surface area contributed by atoms with E-state index in [1.54, 1.807) is 0 Å². The molecule has 3 heteroatoms. The Morgan fingerprint density at radius 2 is 2.00 bits per heavy atom. The molecule has 2 aliphatic rings. The molecular formula is C12H23N3. The Morgan fingerprint density at radius 1 is 1.40 bits per heavy atom. The van der Waals surface area contributed by atoms with Gasteiger partial charge in [-0.3, -0.25) is 4.99 Å². The fraction of sp³-hybridized carbons (Fsp3) is 0.917. The van der Waals surface area contributed by atoms with Gasteiger partial charge in [0.2, 0.25) is 0 Å². The van der Waals surface area contributed by atoms with Crippen molar-refractivity contribution in [2.75, 3.05) is 13.1 Å². The summed E-state index contributed by atoms with van der Waals surface area (Å²) >= 11 is 0. The maximum atomic E-state index is 5.96. The standard InChI is InChI=1S/C12H23N3/c1-4-15-11(13)14-8-12(15)6-9(2)5-10(3)7-12/h9-10H,4-8H2,1-3H3,(H2,13,14). The van der Waals surface area contributed by atoms with Crippen molar-refractivity contribution in [3.63, 3.8) is 0 Å². The van der Waals surface area contributed by atoms with Crippen LogP contribution in [0, 0.1) is 11.8 Å². The average Bonchev–Trinajstić information content (AvgIpc) is 2.41. The van der Waals surface area contributed by atoms with E-state index in [4.69, 9.17) is 5.73 Å². The fourth-order valence-corrected chi connectivity index (χ4v) is 3.72. The first-order chi connectivity index (χ1) is 7.07. The molecule has 1 fully saturated rings. The van der Waals surface area contributed by atoms with Crippen molar-refractivity contribution in [1.29, 1.82) is 0 Å². The highest BCUT2D eigenvalue weighted by Gasteiger charge is 2.45. The van der Waals surface area contributed by atoms with Gasteiger partial charge in [0, 0.05) is 6.54 Å². The highest BCUT2D eigenvalue weighted by atomic mass is 15.4. The largest absolute Gasteiger partial charge is 0.370 e. The van der Waals surface area contributed by atoms with Gasteiger partial charge in [0.25, 0.3) is 0 Å². The van der Waals surface area contributed by atoms with Crippen LogP contribution in [-0.4, -0.2) is 29.5 Å². The Morgan fingerprint density at radius 3 is 2.53 bits per heavy atom. The molecular weight excluding hydrogens is 186 g/mol. The van der Waals surface area contributed by atoms with Crippen molar-refractivity contribution in [3.05, 3.63) is 0 Å². The highest BCUT2D eigenvalue weighted by Crippen LogP contribution is 2.41. The predicted octanol–water partition coefficient (Wildman–Crippen LogP) is 1.83. The van der Waals surface area contributed by atoms with Gasteiger partial charge in [-0.15, -0.1) is 0 Å². The van der Waals surface area contributed by atoms with Crippen molar-refractivity contribution in [3.8, 4) is 0 Å². The van der Waals surface area contributed by atoms with Crippen molar-refractivity contribution in [1.82, 2.24) is 4.90 Å². The Hall–Kier alpha value is -0.730. The Labute approximate surface area is 92.7 Å². The second-order valence-corrected chi connectivity index (χ2v) is 5.50. The van der Waals surface area contributed by atoms with Gasteiger partial charge in [0.05, 0.1) is 12.1 Å². The molecule has 1 aliphatic carbocycles. The monoisotopic (exact) mass is 209 g/mol. The molecule has 0 amide bonds. The first kappa shape index (κ1) is 10.8. The Kier molecular flexibility index (Phi) is 2.65. The van der Waals surface area contributed by atoms with E-state index in [1.807, 2.05) is 0 Å². The number of rotatable bonds is 1. The van der Waals surface area contributed by atoms with E-state index in [9.17, 15) is 0 Å². The summed E-state index contributed by atoms with van der Waals surface area (Å²) in [6, 6.07) is 0. The second kappa shape index (κ2) is 3.69. The van der Waals surface area contributed by atoms with Crippen LogP contribution < -0.4 is 5.73 Å². The molecule has 2 rings (SSSR count). The molecule has 86 valence electrons. The molecule has 2 atom stereocenters. The van der Waals surface area contributed by atoms with E-state index in [0.717, 1.165) is 30.9 Å². The zero-order valence-electron chi connectivity index (χ0n) is 10.2. The van der Waals surface area contributed by atoms with Crippen LogP contribution in [-0.2, 0) is 0 Å². The lowest BCUT2D eigenvalue weighted by Gasteiger charge is -2.46. The van der Waals surface area contributed by atoms with Crippen molar-refractivity contribution < 1.29 is 0 Å². The lowest BCUT2D eigenvalue weighted by atomic mass is 9.71. The molecule has 1 saturated carbocycles. The van der Waals surface area contributed by atoms with Gasteiger partial charge < -0.3 is 10.6 Å². The van der Waals surface area contributed by atoms with Crippen LogP contribution in [0.15, 0.2) is 4.99 Å². The summed E-state index contributed by atoms with van der Waals surface area (Å²) in [5.41, 5.74) is 6.22. The molecule has 0 aromatic carbocycles. The van der Waals surface area contributed by atoms with Crippen LogP contribution >= 0.6 is 0 Å². The molecule has 3 nitrogen and oxygen atoms in total. The van der Waals surface area contributed by atoms with E-state index in [0.29, 0.717) is 0 Å². The summed E-state index contributed by atoms with van der Waals surface area (Å²) in [5.74, 6) is 2.38. The van der Waals surface area contributed by atoms with Crippen LogP contribution in [0.4, 0.5) is 0 Å². The predicted molar refractivity (Wildman–Crippen MR) is 63.8 cm³/mol. The minimum Gasteiger partial charge on any atom is -0.370 e. The van der Waals surface area contributed by atoms with Crippen LogP contribution in [0.1, 0.15) is 40.0 Å². The molecule has 0 aromatic heterocycles. The van der Waals surface area contributed by atoms with Gasteiger partial charge in [-0.25, -0.2) is 0 Å². The molecule has 2 N–H and O–H groups in total. The van der Waals surface area contributed by atoms with Crippen molar-refractivity contribution in [2.24, 2.45) is 22.6 Å². The highest BCUT2D eigenvalue weighted by molar-refractivity contribution is 5.81.